The van der Waals surface area contributed by atoms with Crippen molar-refractivity contribution in [2.24, 2.45) is 0 Å². The second-order valence-corrected chi connectivity index (χ2v) is 8.95. The molecule has 2 heterocycles. The van der Waals surface area contributed by atoms with E-state index in [2.05, 4.69) is 26.1 Å². The highest BCUT2D eigenvalue weighted by molar-refractivity contribution is 9.15. The molecular formula is C24H21BrFN3O2. The molecule has 3 aromatic rings. The molecule has 0 spiro atoms. The highest BCUT2D eigenvalue weighted by Crippen LogP contribution is 2.45. The van der Waals surface area contributed by atoms with Crippen molar-refractivity contribution in [1.29, 1.82) is 0 Å². The van der Waals surface area contributed by atoms with Crippen molar-refractivity contribution in [3.05, 3.63) is 76.8 Å². The van der Waals surface area contributed by atoms with E-state index in [1.165, 1.54) is 6.07 Å². The van der Waals surface area contributed by atoms with Crippen LogP contribution in [0.15, 0.2) is 46.9 Å². The summed E-state index contributed by atoms with van der Waals surface area (Å²) in [4.78, 5) is 15.2. The lowest BCUT2D eigenvalue weighted by Crippen LogP contribution is -2.33. The SMILES string of the molecule is Cc1ccc(C(C)N2C(=O)CC(c3nnc(C4CC4)o3)=C(Br)c3ccccc32)cc1F. The number of carbonyl (C=O) groups is 1. The number of halogens is 2. The Bertz CT molecular complexity index is 1220. The lowest BCUT2D eigenvalue weighted by molar-refractivity contribution is -0.118. The number of benzene rings is 2. The summed E-state index contributed by atoms with van der Waals surface area (Å²) < 4.78 is 20.9. The minimum absolute atomic E-state index is 0.0975. The summed E-state index contributed by atoms with van der Waals surface area (Å²) in [5.41, 5.74) is 3.59. The maximum absolute atomic E-state index is 14.3. The molecule has 5 nitrogen and oxygen atoms in total. The third-order valence-corrected chi connectivity index (χ3v) is 6.86. The van der Waals surface area contributed by atoms with Crippen LogP contribution in [0.2, 0.25) is 0 Å². The minimum Gasteiger partial charge on any atom is -0.421 e. The van der Waals surface area contributed by atoms with Crippen LogP contribution in [0.3, 0.4) is 0 Å². The lowest BCUT2D eigenvalue weighted by Gasteiger charge is -2.30. The Morgan fingerprint density at radius 3 is 2.71 bits per heavy atom. The molecule has 1 aromatic heterocycles. The summed E-state index contributed by atoms with van der Waals surface area (Å²) in [5, 5.41) is 8.41. The van der Waals surface area contributed by atoms with Crippen molar-refractivity contribution in [3.63, 3.8) is 0 Å². The molecule has 0 N–H and O–H groups in total. The first kappa shape index (κ1) is 20.1. The van der Waals surface area contributed by atoms with Gasteiger partial charge < -0.3 is 9.32 Å². The van der Waals surface area contributed by atoms with Crippen LogP contribution in [0.4, 0.5) is 10.1 Å². The van der Waals surface area contributed by atoms with Crippen molar-refractivity contribution < 1.29 is 13.6 Å². The van der Waals surface area contributed by atoms with Gasteiger partial charge in [-0.25, -0.2) is 4.39 Å². The minimum atomic E-state index is -0.354. The molecule has 1 unspecified atom stereocenters. The third-order valence-electron chi connectivity index (χ3n) is 5.95. The molecule has 1 amide bonds. The van der Waals surface area contributed by atoms with Gasteiger partial charge in [-0.05, 0) is 65.9 Å². The van der Waals surface area contributed by atoms with Gasteiger partial charge in [-0.15, -0.1) is 10.2 Å². The van der Waals surface area contributed by atoms with Gasteiger partial charge >= 0.3 is 0 Å². The molecular weight excluding hydrogens is 461 g/mol. The number of rotatable bonds is 4. The van der Waals surface area contributed by atoms with Crippen LogP contribution in [-0.2, 0) is 4.79 Å². The number of carbonyl (C=O) groups excluding carboxylic acids is 1. The number of nitrogens with zero attached hydrogens (tertiary/aromatic N) is 3. The van der Waals surface area contributed by atoms with Crippen LogP contribution in [0.25, 0.3) is 10.1 Å². The number of para-hydroxylation sites is 1. The Labute approximate surface area is 188 Å². The molecule has 1 atom stereocenters. The van der Waals surface area contributed by atoms with Gasteiger partial charge in [-0.1, -0.05) is 30.3 Å². The molecule has 5 rings (SSSR count). The molecule has 2 aromatic carbocycles. The molecule has 0 bridgehead atoms. The smallest absolute Gasteiger partial charge is 0.245 e. The van der Waals surface area contributed by atoms with E-state index in [-0.39, 0.29) is 24.2 Å². The molecule has 31 heavy (non-hydrogen) atoms. The lowest BCUT2D eigenvalue weighted by atomic mass is 10.0. The summed E-state index contributed by atoms with van der Waals surface area (Å²) in [6.07, 6.45) is 2.21. The Morgan fingerprint density at radius 2 is 1.97 bits per heavy atom. The second kappa shape index (κ2) is 7.71. The van der Waals surface area contributed by atoms with Gasteiger partial charge in [0.2, 0.25) is 17.7 Å². The van der Waals surface area contributed by atoms with Gasteiger partial charge in [0.25, 0.3) is 0 Å². The zero-order valence-corrected chi connectivity index (χ0v) is 18.8. The topological polar surface area (TPSA) is 59.2 Å². The molecule has 0 saturated heterocycles. The van der Waals surface area contributed by atoms with Crippen LogP contribution < -0.4 is 4.90 Å². The predicted octanol–water partition coefficient (Wildman–Crippen LogP) is 6.16. The number of anilines is 1. The van der Waals surface area contributed by atoms with Gasteiger partial charge in [0.05, 0.1) is 18.2 Å². The van der Waals surface area contributed by atoms with Gasteiger partial charge in [0, 0.05) is 21.5 Å². The van der Waals surface area contributed by atoms with Crippen molar-refractivity contribution in [2.45, 2.75) is 45.1 Å². The van der Waals surface area contributed by atoms with Gasteiger partial charge in [-0.2, -0.15) is 0 Å². The third kappa shape index (κ3) is 3.61. The zero-order chi connectivity index (χ0) is 21.7. The predicted molar refractivity (Wildman–Crippen MR) is 120 cm³/mol. The first-order valence-electron chi connectivity index (χ1n) is 10.3. The first-order valence-corrected chi connectivity index (χ1v) is 11.1. The average molecular weight is 482 g/mol. The highest BCUT2D eigenvalue weighted by Gasteiger charge is 2.34. The summed E-state index contributed by atoms with van der Waals surface area (Å²) in [6.45, 7) is 3.64. The maximum Gasteiger partial charge on any atom is 0.245 e. The zero-order valence-electron chi connectivity index (χ0n) is 17.2. The van der Waals surface area contributed by atoms with Crippen LogP contribution in [0.1, 0.15) is 66.6 Å². The number of fused-ring (bicyclic) bond motifs is 1. The van der Waals surface area contributed by atoms with Crippen molar-refractivity contribution in [1.82, 2.24) is 10.2 Å². The monoisotopic (exact) mass is 481 g/mol. The fraction of sp³-hybridized carbons (Fsp3) is 0.292. The molecule has 1 fully saturated rings. The molecule has 0 radical (unpaired) electrons. The first-order chi connectivity index (χ1) is 14.9. The van der Waals surface area contributed by atoms with Crippen LogP contribution >= 0.6 is 15.9 Å². The number of amides is 1. The van der Waals surface area contributed by atoms with Gasteiger partial charge in [0.15, 0.2) is 0 Å². The number of aryl methyl sites for hydroxylation is 1. The van der Waals surface area contributed by atoms with E-state index < -0.39 is 0 Å². The van der Waals surface area contributed by atoms with E-state index in [1.807, 2.05) is 37.3 Å². The second-order valence-electron chi connectivity index (χ2n) is 8.15. The molecule has 1 aliphatic carbocycles. The summed E-state index contributed by atoms with van der Waals surface area (Å²) in [6, 6.07) is 12.4. The molecule has 2 aliphatic rings. The van der Waals surface area contributed by atoms with Crippen molar-refractivity contribution in [3.8, 4) is 0 Å². The van der Waals surface area contributed by atoms with E-state index in [4.69, 9.17) is 4.42 Å². The van der Waals surface area contributed by atoms with E-state index in [9.17, 15) is 9.18 Å². The van der Waals surface area contributed by atoms with E-state index in [0.29, 0.717) is 28.8 Å². The highest BCUT2D eigenvalue weighted by atomic mass is 79.9. The van der Waals surface area contributed by atoms with E-state index >= 15 is 0 Å². The standard InChI is InChI=1S/C24H21BrFN3O2/c1-13-7-8-16(11-19(13)26)14(2)29-20-6-4-3-5-17(20)22(25)18(12-21(29)30)24-28-27-23(31-24)15-9-10-15/h3-8,11,14-15H,9-10,12H2,1-2H3. The molecule has 1 aliphatic heterocycles. The normalized spacial score (nSPS) is 17.5. The maximum atomic E-state index is 14.3. The Morgan fingerprint density at radius 1 is 1.19 bits per heavy atom. The molecule has 158 valence electrons. The fourth-order valence-corrected chi connectivity index (χ4v) is 4.59. The van der Waals surface area contributed by atoms with Crippen LogP contribution in [-0.4, -0.2) is 16.1 Å². The van der Waals surface area contributed by atoms with Gasteiger partial charge in [0.1, 0.15) is 5.82 Å². The van der Waals surface area contributed by atoms with Crippen molar-refractivity contribution >= 4 is 37.6 Å². The Kier molecular flexibility index (Phi) is 5.01. The molecule has 1 saturated carbocycles. The van der Waals surface area contributed by atoms with E-state index in [1.54, 1.807) is 17.9 Å². The summed E-state index contributed by atoms with van der Waals surface area (Å²) in [5.74, 6) is 0.943. The van der Waals surface area contributed by atoms with Crippen LogP contribution in [0.5, 0.6) is 0 Å². The quantitative estimate of drug-likeness (QED) is 0.447. The summed E-state index contributed by atoms with van der Waals surface area (Å²) in [7, 11) is 0. The van der Waals surface area contributed by atoms with Crippen LogP contribution in [0, 0.1) is 12.7 Å². The van der Waals surface area contributed by atoms with Crippen molar-refractivity contribution in [2.75, 3.05) is 4.90 Å². The fourth-order valence-electron chi connectivity index (χ4n) is 3.94. The number of aromatic nitrogens is 2. The summed E-state index contributed by atoms with van der Waals surface area (Å²) >= 11 is 3.70. The number of hydrogen-bond acceptors (Lipinski definition) is 4. The van der Waals surface area contributed by atoms with E-state index in [0.717, 1.165) is 34.1 Å². The van der Waals surface area contributed by atoms with Gasteiger partial charge in [-0.3, -0.25) is 4.79 Å². The number of hydrogen-bond donors (Lipinski definition) is 0. The Hall–Kier alpha value is -2.80. The largest absolute Gasteiger partial charge is 0.421 e. The Balaban J connectivity index is 1.58. The molecule has 7 heteroatoms. The average Bonchev–Trinajstić information content (AvgIpc) is 3.52.